The molecule has 1 aliphatic carbocycles. The molecule has 0 N–H and O–H groups in total. The Labute approximate surface area is 110 Å². The molecule has 0 saturated heterocycles. The average Bonchev–Trinajstić information content (AvgIpc) is 3.08. The first-order valence-electron chi connectivity index (χ1n) is 5.98. The van der Waals surface area contributed by atoms with Crippen LogP contribution < -0.4 is 9.47 Å². The molecule has 0 spiro atoms. The van der Waals surface area contributed by atoms with Gasteiger partial charge < -0.3 is 9.47 Å². The number of hydrogen-bond acceptors (Lipinski definition) is 5. The summed E-state index contributed by atoms with van der Waals surface area (Å²) in [5, 5.41) is 9.83. The Balaban J connectivity index is 1.61. The van der Waals surface area contributed by atoms with Gasteiger partial charge in [-0.05, 0) is 31.9 Å². The van der Waals surface area contributed by atoms with Crippen LogP contribution >= 0.6 is 11.3 Å². The Kier molecular flexibility index (Phi) is 3.15. The summed E-state index contributed by atoms with van der Waals surface area (Å²) in [5.41, 5.74) is 0. The zero-order chi connectivity index (χ0) is 12.4. The van der Waals surface area contributed by atoms with Crippen LogP contribution in [-0.2, 0) is 6.61 Å². The smallest absolute Gasteiger partial charge is 0.155 e. The van der Waals surface area contributed by atoms with Gasteiger partial charge in [-0.1, -0.05) is 17.4 Å². The molecular formula is C13H14N2O2S. The molecule has 1 fully saturated rings. The summed E-state index contributed by atoms with van der Waals surface area (Å²) in [6.45, 7) is 2.39. The fourth-order valence-corrected chi connectivity index (χ4v) is 2.18. The Hall–Kier alpha value is -1.62. The second-order valence-electron chi connectivity index (χ2n) is 4.30. The number of hydrogen-bond donors (Lipinski definition) is 0. The predicted octanol–water partition coefficient (Wildman–Crippen LogP) is 2.97. The minimum absolute atomic E-state index is 0.408. The lowest BCUT2D eigenvalue weighted by atomic mass is 10.3. The van der Waals surface area contributed by atoms with Gasteiger partial charge in [0.25, 0.3) is 0 Å². The summed E-state index contributed by atoms with van der Waals surface area (Å²) in [6.07, 6.45) is 2.73. The molecule has 3 rings (SSSR count). The maximum absolute atomic E-state index is 5.72. The van der Waals surface area contributed by atoms with E-state index in [-0.39, 0.29) is 0 Å². The highest BCUT2D eigenvalue weighted by Crippen LogP contribution is 2.29. The van der Waals surface area contributed by atoms with Gasteiger partial charge in [-0.15, -0.1) is 10.2 Å². The van der Waals surface area contributed by atoms with Crippen molar-refractivity contribution in [3.63, 3.8) is 0 Å². The Morgan fingerprint density at radius 3 is 2.83 bits per heavy atom. The second-order valence-corrected chi connectivity index (χ2v) is 5.56. The molecule has 1 aromatic carbocycles. The summed E-state index contributed by atoms with van der Waals surface area (Å²) in [5.74, 6) is 1.68. The first-order chi connectivity index (χ1) is 8.79. The quantitative estimate of drug-likeness (QED) is 0.831. The summed E-state index contributed by atoms with van der Waals surface area (Å²) in [7, 11) is 0. The van der Waals surface area contributed by atoms with Crippen LogP contribution in [0.2, 0.25) is 0 Å². The maximum Gasteiger partial charge on any atom is 0.155 e. The lowest BCUT2D eigenvalue weighted by Crippen LogP contribution is -1.98. The third-order valence-corrected chi connectivity index (χ3v) is 3.38. The highest BCUT2D eigenvalue weighted by atomic mass is 32.1. The fourth-order valence-electron chi connectivity index (χ4n) is 1.56. The molecule has 1 heterocycles. The Morgan fingerprint density at radius 2 is 2.11 bits per heavy atom. The van der Waals surface area contributed by atoms with Gasteiger partial charge in [-0.3, -0.25) is 0 Å². The van der Waals surface area contributed by atoms with E-state index in [0.29, 0.717) is 12.7 Å². The van der Waals surface area contributed by atoms with E-state index in [0.717, 1.165) is 34.4 Å². The van der Waals surface area contributed by atoms with Crippen LogP contribution in [0.3, 0.4) is 0 Å². The van der Waals surface area contributed by atoms with E-state index in [9.17, 15) is 0 Å². The van der Waals surface area contributed by atoms with E-state index in [4.69, 9.17) is 9.47 Å². The standard InChI is InChI=1S/C13H14N2O2S/c1-9-14-15-13(18-9)8-16-11-3-2-4-12(7-11)17-10-5-6-10/h2-4,7,10H,5-6,8H2,1H3. The average molecular weight is 262 g/mol. The van der Waals surface area contributed by atoms with Gasteiger partial charge in [0.1, 0.15) is 23.1 Å². The maximum atomic E-state index is 5.72. The highest BCUT2D eigenvalue weighted by Gasteiger charge is 2.23. The normalized spacial score (nSPS) is 14.5. The molecule has 5 heteroatoms. The van der Waals surface area contributed by atoms with Crippen LogP contribution in [0.4, 0.5) is 0 Å². The van der Waals surface area contributed by atoms with Crippen molar-refractivity contribution in [2.75, 3.05) is 0 Å². The first kappa shape index (κ1) is 11.5. The largest absolute Gasteiger partial charge is 0.490 e. The topological polar surface area (TPSA) is 44.2 Å². The Bertz CT molecular complexity index is 537. The molecule has 2 aromatic rings. The molecule has 4 nitrogen and oxygen atoms in total. The number of benzene rings is 1. The van der Waals surface area contributed by atoms with E-state index in [2.05, 4.69) is 10.2 Å². The highest BCUT2D eigenvalue weighted by molar-refractivity contribution is 7.11. The minimum atomic E-state index is 0.408. The zero-order valence-electron chi connectivity index (χ0n) is 10.1. The molecule has 0 amide bonds. The van der Waals surface area contributed by atoms with E-state index in [1.165, 1.54) is 0 Å². The molecule has 18 heavy (non-hydrogen) atoms. The molecule has 0 aliphatic heterocycles. The molecule has 0 bridgehead atoms. The summed E-state index contributed by atoms with van der Waals surface area (Å²) >= 11 is 1.55. The van der Waals surface area contributed by atoms with Crippen molar-refractivity contribution in [1.29, 1.82) is 0 Å². The third-order valence-electron chi connectivity index (χ3n) is 2.56. The van der Waals surface area contributed by atoms with Crippen LogP contribution in [0.1, 0.15) is 22.9 Å². The minimum Gasteiger partial charge on any atom is -0.490 e. The van der Waals surface area contributed by atoms with Crippen LogP contribution in [0.15, 0.2) is 24.3 Å². The molecule has 1 aromatic heterocycles. The van der Waals surface area contributed by atoms with Crippen LogP contribution in [0.5, 0.6) is 11.5 Å². The molecule has 0 atom stereocenters. The molecule has 0 unspecified atom stereocenters. The fraction of sp³-hybridized carbons (Fsp3) is 0.385. The van der Waals surface area contributed by atoms with E-state index >= 15 is 0 Å². The number of aryl methyl sites for hydroxylation is 1. The van der Waals surface area contributed by atoms with Crippen molar-refractivity contribution in [1.82, 2.24) is 10.2 Å². The van der Waals surface area contributed by atoms with Gasteiger partial charge in [0.15, 0.2) is 5.01 Å². The van der Waals surface area contributed by atoms with Crippen molar-refractivity contribution < 1.29 is 9.47 Å². The van der Waals surface area contributed by atoms with E-state index < -0.39 is 0 Å². The number of aromatic nitrogens is 2. The number of nitrogens with zero attached hydrogens (tertiary/aromatic N) is 2. The van der Waals surface area contributed by atoms with Crippen LogP contribution in [0, 0.1) is 6.92 Å². The van der Waals surface area contributed by atoms with Crippen LogP contribution in [0.25, 0.3) is 0 Å². The van der Waals surface area contributed by atoms with Gasteiger partial charge >= 0.3 is 0 Å². The van der Waals surface area contributed by atoms with Crippen molar-refractivity contribution in [3.8, 4) is 11.5 Å². The summed E-state index contributed by atoms with van der Waals surface area (Å²) in [6, 6.07) is 7.75. The Morgan fingerprint density at radius 1 is 1.28 bits per heavy atom. The van der Waals surface area contributed by atoms with E-state index in [1.807, 2.05) is 31.2 Å². The first-order valence-corrected chi connectivity index (χ1v) is 6.80. The zero-order valence-corrected chi connectivity index (χ0v) is 10.9. The van der Waals surface area contributed by atoms with E-state index in [1.54, 1.807) is 11.3 Å². The van der Waals surface area contributed by atoms with Gasteiger partial charge in [-0.2, -0.15) is 0 Å². The summed E-state index contributed by atoms with van der Waals surface area (Å²) < 4.78 is 11.4. The van der Waals surface area contributed by atoms with Gasteiger partial charge in [0, 0.05) is 6.07 Å². The third kappa shape index (κ3) is 2.98. The SMILES string of the molecule is Cc1nnc(COc2cccc(OC3CC3)c2)s1. The van der Waals surface area contributed by atoms with Crippen LogP contribution in [-0.4, -0.2) is 16.3 Å². The monoisotopic (exact) mass is 262 g/mol. The molecule has 1 saturated carbocycles. The molecule has 0 radical (unpaired) electrons. The molecular weight excluding hydrogens is 248 g/mol. The lowest BCUT2D eigenvalue weighted by molar-refractivity contribution is 0.288. The van der Waals surface area contributed by atoms with Crippen molar-refractivity contribution in [2.45, 2.75) is 32.5 Å². The van der Waals surface area contributed by atoms with Gasteiger partial charge in [0.2, 0.25) is 0 Å². The van der Waals surface area contributed by atoms with Crippen molar-refractivity contribution in [2.24, 2.45) is 0 Å². The van der Waals surface area contributed by atoms with Gasteiger partial charge in [0.05, 0.1) is 6.10 Å². The molecule has 1 aliphatic rings. The second kappa shape index (κ2) is 4.94. The summed E-state index contributed by atoms with van der Waals surface area (Å²) in [4.78, 5) is 0. The molecule has 94 valence electrons. The van der Waals surface area contributed by atoms with Gasteiger partial charge in [-0.25, -0.2) is 0 Å². The van der Waals surface area contributed by atoms with Crippen molar-refractivity contribution in [3.05, 3.63) is 34.3 Å². The number of rotatable bonds is 5. The lowest BCUT2D eigenvalue weighted by Gasteiger charge is -2.07. The predicted molar refractivity (Wildman–Crippen MR) is 69.1 cm³/mol. The number of ether oxygens (including phenoxy) is 2. The van der Waals surface area contributed by atoms with Crippen molar-refractivity contribution >= 4 is 11.3 Å².